The van der Waals surface area contributed by atoms with Crippen molar-refractivity contribution in [3.63, 3.8) is 0 Å². The molecule has 0 amide bonds. The molecule has 0 aliphatic carbocycles. The van der Waals surface area contributed by atoms with E-state index in [9.17, 15) is 4.79 Å². The lowest BCUT2D eigenvalue weighted by atomic mass is 10.1. The Labute approximate surface area is 154 Å². The van der Waals surface area contributed by atoms with E-state index in [1.165, 1.54) is 51.4 Å². The van der Waals surface area contributed by atoms with Crippen LogP contribution in [0.2, 0.25) is 0 Å². The van der Waals surface area contributed by atoms with Gasteiger partial charge in [0.15, 0.2) is 0 Å². The molecule has 0 atom stereocenters. The highest BCUT2D eigenvalue weighted by molar-refractivity contribution is 5.69. The fourth-order valence-electron chi connectivity index (χ4n) is 2.74. The Kier molecular flexibility index (Phi) is 14.4. The van der Waals surface area contributed by atoms with Crippen LogP contribution in [0.1, 0.15) is 84.0 Å². The maximum atomic E-state index is 11.5. The number of allylic oxidation sites excluding steroid dienone is 4. The van der Waals surface area contributed by atoms with Gasteiger partial charge in [0, 0.05) is 12.3 Å². The SMILES string of the molecule is CCCCCC=CCC=CCCCCCCCC(=O)OCC1COC1. The Balaban J connectivity index is 1.77. The molecule has 0 unspecified atom stereocenters. The first-order valence-corrected chi connectivity index (χ1v) is 10.4. The summed E-state index contributed by atoms with van der Waals surface area (Å²) in [4.78, 5) is 11.5. The van der Waals surface area contributed by atoms with Crippen LogP contribution in [0.4, 0.5) is 0 Å². The molecule has 0 aromatic rings. The summed E-state index contributed by atoms with van der Waals surface area (Å²) in [6.07, 6.45) is 23.0. The molecular formula is C22H38O3. The van der Waals surface area contributed by atoms with Gasteiger partial charge in [-0.15, -0.1) is 0 Å². The third kappa shape index (κ3) is 13.8. The Morgan fingerprint density at radius 2 is 1.56 bits per heavy atom. The standard InChI is InChI=1S/C22H38O3/c1-2-3-4-5-6-7-8-9-10-11-12-13-14-15-16-17-22(23)25-20-21-18-24-19-21/h6-7,9-10,21H,2-5,8,11-20H2,1H3. The monoisotopic (exact) mass is 350 g/mol. The zero-order chi connectivity index (χ0) is 18.0. The van der Waals surface area contributed by atoms with Crippen molar-refractivity contribution in [1.82, 2.24) is 0 Å². The summed E-state index contributed by atoms with van der Waals surface area (Å²) in [6.45, 7) is 4.28. The average molecular weight is 351 g/mol. The van der Waals surface area contributed by atoms with Crippen molar-refractivity contribution in [2.75, 3.05) is 19.8 Å². The molecule has 0 bridgehead atoms. The Hall–Kier alpha value is -1.09. The van der Waals surface area contributed by atoms with Crippen molar-refractivity contribution < 1.29 is 14.3 Å². The molecule has 3 heteroatoms. The molecule has 1 rings (SSSR count). The molecule has 144 valence electrons. The van der Waals surface area contributed by atoms with Crippen LogP contribution in [0.25, 0.3) is 0 Å². The zero-order valence-corrected chi connectivity index (χ0v) is 16.2. The molecule has 3 nitrogen and oxygen atoms in total. The molecule has 1 fully saturated rings. The third-order valence-corrected chi connectivity index (χ3v) is 4.52. The summed E-state index contributed by atoms with van der Waals surface area (Å²) in [5.74, 6) is 0.395. The predicted molar refractivity (Wildman–Crippen MR) is 105 cm³/mol. The maximum absolute atomic E-state index is 11.5. The summed E-state index contributed by atoms with van der Waals surface area (Å²) >= 11 is 0. The summed E-state index contributed by atoms with van der Waals surface area (Å²) in [5, 5.41) is 0. The van der Waals surface area contributed by atoms with Crippen LogP contribution in [-0.2, 0) is 14.3 Å². The zero-order valence-electron chi connectivity index (χ0n) is 16.2. The molecule has 25 heavy (non-hydrogen) atoms. The maximum Gasteiger partial charge on any atom is 0.305 e. The number of esters is 1. The minimum absolute atomic E-state index is 0.0439. The van der Waals surface area contributed by atoms with Gasteiger partial charge in [-0.2, -0.15) is 0 Å². The minimum Gasteiger partial charge on any atom is -0.465 e. The molecule has 1 saturated heterocycles. The Bertz CT molecular complexity index is 369. The molecule has 0 saturated carbocycles. The van der Waals surface area contributed by atoms with Gasteiger partial charge in [0.25, 0.3) is 0 Å². The average Bonchev–Trinajstić information content (AvgIpc) is 2.57. The van der Waals surface area contributed by atoms with E-state index < -0.39 is 0 Å². The van der Waals surface area contributed by atoms with Crippen LogP contribution in [0, 0.1) is 5.92 Å². The molecule has 1 aliphatic rings. The van der Waals surface area contributed by atoms with Gasteiger partial charge >= 0.3 is 5.97 Å². The van der Waals surface area contributed by atoms with Crippen LogP contribution < -0.4 is 0 Å². The van der Waals surface area contributed by atoms with Crippen molar-refractivity contribution in [3.8, 4) is 0 Å². The van der Waals surface area contributed by atoms with Gasteiger partial charge in [0.2, 0.25) is 0 Å². The number of hydrogen-bond donors (Lipinski definition) is 0. The molecule has 1 heterocycles. The molecule has 0 N–H and O–H groups in total. The molecule has 0 spiro atoms. The highest BCUT2D eigenvalue weighted by Gasteiger charge is 2.19. The Morgan fingerprint density at radius 3 is 2.20 bits per heavy atom. The van der Waals surface area contributed by atoms with Crippen LogP contribution in [0.15, 0.2) is 24.3 Å². The minimum atomic E-state index is -0.0439. The van der Waals surface area contributed by atoms with Gasteiger partial charge in [0.05, 0.1) is 19.8 Å². The molecule has 0 aromatic heterocycles. The lowest BCUT2D eigenvalue weighted by molar-refractivity contribution is -0.150. The number of carbonyl (C=O) groups is 1. The van der Waals surface area contributed by atoms with Gasteiger partial charge in [0.1, 0.15) is 0 Å². The van der Waals surface area contributed by atoms with Gasteiger partial charge in [-0.05, 0) is 38.5 Å². The van der Waals surface area contributed by atoms with Crippen LogP contribution in [-0.4, -0.2) is 25.8 Å². The van der Waals surface area contributed by atoms with E-state index in [4.69, 9.17) is 9.47 Å². The van der Waals surface area contributed by atoms with Crippen LogP contribution in [0.3, 0.4) is 0 Å². The van der Waals surface area contributed by atoms with Gasteiger partial charge in [-0.25, -0.2) is 0 Å². The number of hydrogen-bond acceptors (Lipinski definition) is 3. The third-order valence-electron chi connectivity index (χ3n) is 4.52. The second-order valence-corrected chi connectivity index (χ2v) is 7.07. The van der Waals surface area contributed by atoms with Gasteiger partial charge in [-0.3, -0.25) is 4.79 Å². The highest BCUT2D eigenvalue weighted by atomic mass is 16.5. The molecule has 0 radical (unpaired) electrons. The normalized spacial score (nSPS) is 15.1. The Morgan fingerprint density at radius 1 is 0.920 bits per heavy atom. The molecular weight excluding hydrogens is 312 g/mol. The fourth-order valence-corrected chi connectivity index (χ4v) is 2.74. The van der Waals surface area contributed by atoms with Crippen molar-refractivity contribution >= 4 is 5.97 Å². The first-order valence-electron chi connectivity index (χ1n) is 10.4. The lowest BCUT2D eigenvalue weighted by Crippen LogP contribution is -2.32. The fraction of sp³-hybridized carbons (Fsp3) is 0.773. The van der Waals surface area contributed by atoms with Gasteiger partial charge in [-0.1, -0.05) is 63.3 Å². The van der Waals surface area contributed by atoms with E-state index in [-0.39, 0.29) is 5.97 Å². The van der Waals surface area contributed by atoms with Crippen LogP contribution >= 0.6 is 0 Å². The van der Waals surface area contributed by atoms with Crippen molar-refractivity contribution in [2.45, 2.75) is 84.0 Å². The van der Waals surface area contributed by atoms with Gasteiger partial charge < -0.3 is 9.47 Å². The molecule has 0 aromatic carbocycles. The van der Waals surface area contributed by atoms with E-state index in [0.717, 1.165) is 32.5 Å². The lowest BCUT2D eigenvalue weighted by Gasteiger charge is -2.25. The second-order valence-electron chi connectivity index (χ2n) is 7.07. The van der Waals surface area contributed by atoms with E-state index in [2.05, 4.69) is 31.2 Å². The van der Waals surface area contributed by atoms with E-state index in [0.29, 0.717) is 18.9 Å². The quantitative estimate of drug-likeness (QED) is 0.195. The summed E-state index contributed by atoms with van der Waals surface area (Å²) < 4.78 is 10.3. The number of rotatable bonds is 16. The van der Waals surface area contributed by atoms with E-state index >= 15 is 0 Å². The highest BCUT2D eigenvalue weighted by Crippen LogP contribution is 2.12. The largest absolute Gasteiger partial charge is 0.465 e. The van der Waals surface area contributed by atoms with Crippen molar-refractivity contribution in [2.24, 2.45) is 5.92 Å². The predicted octanol–water partition coefficient (Wildman–Crippen LogP) is 5.99. The number of ether oxygens (including phenoxy) is 2. The number of carbonyl (C=O) groups excluding carboxylic acids is 1. The smallest absolute Gasteiger partial charge is 0.305 e. The summed E-state index contributed by atoms with van der Waals surface area (Å²) in [5.41, 5.74) is 0. The summed E-state index contributed by atoms with van der Waals surface area (Å²) in [7, 11) is 0. The van der Waals surface area contributed by atoms with Crippen molar-refractivity contribution in [3.05, 3.63) is 24.3 Å². The second kappa shape index (κ2) is 16.4. The number of unbranched alkanes of at least 4 members (excludes halogenated alkanes) is 8. The van der Waals surface area contributed by atoms with Crippen LogP contribution in [0.5, 0.6) is 0 Å². The first kappa shape index (κ1) is 22.0. The topological polar surface area (TPSA) is 35.5 Å². The summed E-state index contributed by atoms with van der Waals surface area (Å²) in [6, 6.07) is 0. The van der Waals surface area contributed by atoms with E-state index in [1.807, 2.05) is 0 Å². The first-order chi connectivity index (χ1) is 12.3. The van der Waals surface area contributed by atoms with E-state index in [1.54, 1.807) is 0 Å². The molecule has 1 aliphatic heterocycles. The van der Waals surface area contributed by atoms with Crippen molar-refractivity contribution in [1.29, 1.82) is 0 Å².